The molecule has 0 aliphatic heterocycles. The van der Waals surface area contributed by atoms with Crippen molar-refractivity contribution in [3.63, 3.8) is 0 Å². The summed E-state index contributed by atoms with van der Waals surface area (Å²) in [6, 6.07) is 16.2. The number of esters is 1. The Balaban J connectivity index is 1.57. The summed E-state index contributed by atoms with van der Waals surface area (Å²) >= 11 is 0. The topological polar surface area (TPSA) is 92.1 Å². The van der Waals surface area contributed by atoms with Crippen molar-refractivity contribution >= 4 is 28.5 Å². The quantitative estimate of drug-likeness (QED) is 0.525. The summed E-state index contributed by atoms with van der Waals surface area (Å²) in [7, 11) is 0. The fraction of sp³-hybridized carbons (Fsp3) is 0.250. The lowest BCUT2D eigenvalue weighted by atomic mass is 9.97. The highest BCUT2D eigenvalue weighted by Gasteiger charge is 2.23. The second-order valence-electron chi connectivity index (χ2n) is 7.27. The van der Waals surface area contributed by atoms with Crippen LogP contribution >= 0.6 is 0 Å². The van der Waals surface area contributed by atoms with Gasteiger partial charge in [-0.25, -0.2) is 4.79 Å². The molecule has 0 unspecified atom stereocenters. The van der Waals surface area contributed by atoms with E-state index in [1.807, 2.05) is 30.3 Å². The summed E-state index contributed by atoms with van der Waals surface area (Å²) in [5.41, 5.74) is 3.91. The van der Waals surface area contributed by atoms with Crippen molar-refractivity contribution in [2.24, 2.45) is 0 Å². The molecule has 0 radical (unpaired) electrons. The molecule has 30 heavy (non-hydrogen) atoms. The number of hydrogen-bond donors (Lipinski definition) is 1. The number of nitrogens with zero attached hydrogens (tertiary/aromatic N) is 2. The van der Waals surface area contributed by atoms with E-state index in [1.54, 1.807) is 24.3 Å². The van der Waals surface area contributed by atoms with E-state index in [0.29, 0.717) is 16.8 Å². The average molecular weight is 399 g/mol. The van der Waals surface area contributed by atoms with Gasteiger partial charge in [0.25, 0.3) is 5.91 Å². The number of aromatic nitrogens is 1. The van der Waals surface area contributed by atoms with Gasteiger partial charge < -0.3 is 10.1 Å². The van der Waals surface area contributed by atoms with Crippen LogP contribution in [0.15, 0.2) is 48.5 Å². The third-order valence-corrected chi connectivity index (χ3v) is 5.28. The molecule has 0 spiro atoms. The minimum Gasteiger partial charge on any atom is -0.452 e. The van der Waals surface area contributed by atoms with Crippen LogP contribution in [-0.4, -0.2) is 23.5 Å². The number of carbonyl (C=O) groups excluding carboxylic acids is 2. The Labute approximate surface area is 174 Å². The van der Waals surface area contributed by atoms with Crippen LogP contribution in [0.2, 0.25) is 0 Å². The number of nitriles is 1. The van der Waals surface area contributed by atoms with Crippen molar-refractivity contribution < 1.29 is 14.3 Å². The molecule has 1 aliphatic carbocycles. The standard InChI is InChI=1S/C24H21N3O3/c25-14-16-8-4-6-11-19(16)27-22(28)15-30-24(29)23-17-9-2-1-3-12-20(17)26-21-13-7-5-10-18(21)23/h4-8,10-11,13H,1-3,9,12,15H2,(H,27,28). The van der Waals surface area contributed by atoms with Crippen LogP contribution in [0.3, 0.4) is 0 Å². The van der Waals surface area contributed by atoms with Gasteiger partial charge in [-0.1, -0.05) is 36.8 Å². The van der Waals surface area contributed by atoms with E-state index >= 15 is 0 Å². The van der Waals surface area contributed by atoms with Gasteiger partial charge in [0.2, 0.25) is 0 Å². The number of para-hydroxylation sites is 2. The molecule has 6 nitrogen and oxygen atoms in total. The van der Waals surface area contributed by atoms with E-state index in [-0.39, 0.29) is 0 Å². The second kappa shape index (κ2) is 8.75. The fourth-order valence-electron chi connectivity index (χ4n) is 3.86. The van der Waals surface area contributed by atoms with Gasteiger partial charge in [0.15, 0.2) is 6.61 Å². The maximum atomic E-state index is 13.0. The summed E-state index contributed by atoms with van der Waals surface area (Å²) in [6.45, 7) is -0.427. The van der Waals surface area contributed by atoms with Crippen LogP contribution in [0.25, 0.3) is 10.9 Å². The van der Waals surface area contributed by atoms with Crippen molar-refractivity contribution in [2.45, 2.75) is 32.1 Å². The summed E-state index contributed by atoms with van der Waals surface area (Å²) in [4.78, 5) is 30.1. The van der Waals surface area contributed by atoms with Gasteiger partial charge in [0.1, 0.15) is 6.07 Å². The van der Waals surface area contributed by atoms with Gasteiger partial charge in [0.05, 0.1) is 22.3 Å². The molecule has 0 saturated heterocycles. The lowest BCUT2D eigenvalue weighted by molar-refractivity contribution is -0.119. The first-order valence-electron chi connectivity index (χ1n) is 10.0. The van der Waals surface area contributed by atoms with Crippen LogP contribution < -0.4 is 5.32 Å². The van der Waals surface area contributed by atoms with Crippen LogP contribution in [0, 0.1) is 11.3 Å². The van der Waals surface area contributed by atoms with Crippen LogP contribution in [0.1, 0.15) is 46.4 Å². The summed E-state index contributed by atoms with van der Waals surface area (Å²) < 4.78 is 5.39. The normalized spacial score (nSPS) is 13.0. The number of anilines is 1. The third kappa shape index (κ3) is 4.01. The molecule has 0 fully saturated rings. The monoisotopic (exact) mass is 399 g/mol. The average Bonchev–Trinajstić information content (AvgIpc) is 3.01. The zero-order valence-electron chi connectivity index (χ0n) is 16.5. The lowest BCUT2D eigenvalue weighted by Gasteiger charge is -2.15. The second-order valence-corrected chi connectivity index (χ2v) is 7.27. The van der Waals surface area contributed by atoms with Crippen molar-refractivity contribution in [2.75, 3.05) is 11.9 Å². The maximum Gasteiger partial charge on any atom is 0.339 e. The van der Waals surface area contributed by atoms with Crippen molar-refractivity contribution in [1.82, 2.24) is 4.98 Å². The number of benzene rings is 2. The molecular weight excluding hydrogens is 378 g/mol. The molecule has 150 valence electrons. The van der Waals surface area contributed by atoms with Crippen molar-refractivity contribution in [1.29, 1.82) is 5.26 Å². The Morgan fingerprint density at radius 3 is 2.67 bits per heavy atom. The van der Waals surface area contributed by atoms with Gasteiger partial charge in [-0.15, -0.1) is 0 Å². The first-order valence-corrected chi connectivity index (χ1v) is 10.0. The van der Waals surface area contributed by atoms with Gasteiger partial charge >= 0.3 is 5.97 Å². The van der Waals surface area contributed by atoms with Crippen LogP contribution in [0.4, 0.5) is 5.69 Å². The fourth-order valence-corrected chi connectivity index (χ4v) is 3.86. The molecule has 1 N–H and O–H groups in total. The zero-order valence-corrected chi connectivity index (χ0v) is 16.5. The van der Waals surface area contributed by atoms with Gasteiger partial charge in [0, 0.05) is 11.1 Å². The largest absolute Gasteiger partial charge is 0.452 e. The minimum atomic E-state index is -0.518. The van der Waals surface area contributed by atoms with Gasteiger partial charge in [-0.05, 0) is 49.4 Å². The smallest absolute Gasteiger partial charge is 0.339 e. The molecule has 0 atom stereocenters. The Morgan fingerprint density at radius 2 is 1.80 bits per heavy atom. The molecule has 3 aromatic rings. The maximum absolute atomic E-state index is 13.0. The predicted molar refractivity (Wildman–Crippen MR) is 113 cm³/mol. The first kappa shape index (κ1) is 19.6. The molecule has 4 rings (SSSR count). The zero-order chi connectivity index (χ0) is 20.9. The molecule has 0 bridgehead atoms. The van der Waals surface area contributed by atoms with E-state index in [2.05, 4.69) is 5.32 Å². The highest BCUT2D eigenvalue weighted by atomic mass is 16.5. The highest BCUT2D eigenvalue weighted by molar-refractivity contribution is 6.06. The summed E-state index contributed by atoms with van der Waals surface area (Å²) in [5.74, 6) is -1.01. The Kier molecular flexibility index (Phi) is 5.71. The third-order valence-electron chi connectivity index (χ3n) is 5.28. The van der Waals surface area contributed by atoms with Gasteiger partial charge in [-0.3, -0.25) is 9.78 Å². The van der Waals surface area contributed by atoms with Crippen molar-refractivity contribution in [3.05, 3.63) is 70.9 Å². The number of aryl methyl sites for hydroxylation is 1. The Morgan fingerprint density at radius 1 is 1.03 bits per heavy atom. The van der Waals surface area contributed by atoms with Crippen LogP contribution in [-0.2, 0) is 22.4 Å². The molecule has 6 heteroatoms. The Hall–Kier alpha value is -3.72. The van der Waals surface area contributed by atoms with E-state index in [1.165, 1.54) is 0 Å². The Bertz CT molecular complexity index is 1160. The number of fused-ring (bicyclic) bond motifs is 2. The van der Waals surface area contributed by atoms with E-state index < -0.39 is 18.5 Å². The number of ether oxygens (including phenoxy) is 1. The molecular formula is C24H21N3O3. The molecule has 1 amide bonds. The number of amides is 1. The lowest BCUT2D eigenvalue weighted by Crippen LogP contribution is -2.22. The number of nitrogens with one attached hydrogen (secondary N) is 1. The number of pyridine rings is 1. The molecule has 1 heterocycles. The number of rotatable bonds is 4. The predicted octanol–water partition coefficient (Wildman–Crippen LogP) is 4.17. The first-order chi connectivity index (χ1) is 14.7. The molecule has 1 aromatic heterocycles. The van der Waals surface area contributed by atoms with E-state index in [9.17, 15) is 9.59 Å². The summed E-state index contributed by atoms with van der Waals surface area (Å²) in [5, 5.41) is 12.5. The molecule has 2 aromatic carbocycles. The van der Waals surface area contributed by atoms with Crippen LogP contribution in [0.5, 0.6) is 0 Å². The SMILES string of the molecule is N#Cc1ccccc1NC(=O)COC(=O)c1c2c(nc3ccccc13)CCCCC2. The van der Waals surface area contributed by atoms with Gasteiger partial charge in [-0.2, -0.15) is 5.26 Å². The van der Waals surface area contributed by atoms with Crippen molar-refractivity contribution in [3.8, 4) is 6.07 Å². The minimum absolute atomic E-state index is 0.350. The molecule has 0 saturated carbocycles. The summed E-state index contributed by atoms with van der Waals surface area (Å²) in [6.07, 6.45) is 4.76. The highest BCUT2D eigenvalue weighted by Crippen LogP contribution is 2.29. The van der Waals surface area contributed by atoms with E-state index in [0.717, 1.165) is 54.3 Å². The number of hydrogen-bond acceptors (Lipinski definition) is 5. The van der Waals surface area contributed by atoms with E-state index in [4.69, 9.17) is 15.0 Å². The number of carbonyl (C=O) groups is 2. The molecule has 1 aliphatic rings.